The van der Waals surface area contributed by atoms with Gasteiger partial charge in [0.05, 0.1) is 18.5 Å². The highest BCUT2D eigenvalue weighted by molar-refractivity contribution is 5.46. The summed E-state index contributed by atoms with van der Waals surface area (Å²) in [6.45, 7) is 2.03. The molecule has 0 bridgehead atoms. The minimum absolute atomic E-state index is 0.0860. The number of furan rings is 1. The molecule has 3 aromatic rings. The molecule has 1 atom stereocenters. The van der Waals surface area contributed by atoms with Gasteiger partial charge in [-0.15, -0.1) is 0 Å². The van der Waals surface area contributed by atoms with Crippen molar-refractivity contribution in [1.82, 2.24) is 14.6 Å². The van der Waals surface area contributed by atoms with E-state index in [1.165, 1.54) is 0 Å². The summed E-state index contributed by atoms with van der Waals surface area (Å²) in [6.07, 6.45) is 5.27. The Hall–Kier alpha value is -2.30. The largest absolute Gasteiger partial charge is 0.467 e. The molecule has 0 aliphatic carbocycles. The number of nitrogens with one attached hydrogen (secondary N) is 1. The average molecular weight is 228 g/mol. The molecule has 0 saturated carbocycles. The van der Waals surface area contributed by atoms with Crippen LogP contribution in [-0.4, -0.2) is 14.6 Å². The van der Waals surface area contributed by atoms with Crippen LogP contribution in [-0.2, 0) is 0 Å². The fourth-order valence-electron chi connectivity index (χ4n) is 1.72. The Bertz CT molecular complexity index is 614. The highest BCUT2D eigenvalue weighted by Gasteiger charge is 2.08. The molecule has 0 fully saturated rings. The highest BCUT2D eigenvalue weighted by atomic mass is 16.3. The van der Waals surface area contributed by atoms with Crippen molar-refractivity contribution in [2.24, 2.45) is 0 Å². The minimum Gasteiger partial charge on any atom is -0.467 e. The van der Waals surface area contributed by atoms with Crippen LogP contribution in [0.25, 0.3) is 5.65 Å². The van der Waals surface area contributed by atoms with Crippen molar-refractivity contribution in [3.05, 3.63) is 48.7 Å². The van der Waals surface area contributed by atoms with E-state index in [0.29, 0.717) is 0 Å². The van der Waals surface area contributed by atoms with Crippen LogP contribution in [0.15, 0.2) is 47.3 Å². The molecule has 17 heavy (non-hydrogen) atoms. The molecule has 0 radical (unpaired) electrons. The number of hydrogen-bond donors (Lipinski definition) is 1. The first kappa shape index (κ1) is 9.89. The molecule has 1 N–H and O–H groups in total. The predicted molar refractivity (Wildman–Crippen MR) is 63.7 cm³/mol. The molecule has 0 aliphatic rings. The number of fused-ring (bicyclic) bond motifs is 1. The molecular formula is C12H12N4O. The van der Waals surface area contributed by atoms with Gasteiger partial charge in [-0.3, -0.25) is 0 Å². The quantitative estimate of drug-likeness (QED) is 0.748. The van der Waals surface area contributed by atoms with Crippen LogP contribution in [0.2, 0.25) is 0 Å². The van der Waals surface area contributed by atoms with E-state index in [-0.39, 0.29) is 6.04 Å². The zero-order valence-electron chi connectivity index (χ0n) is 9.37. The number of nitrogens with zero attached hydrogens (tertiary/aromatic N) is 3. The molecule has 3 aromatic heterocycles. The number of hydrogen-bond acceptors (Lipinski definition) is 4. The van der Waals surface area contributed by atoms with E-state index in [1.54, 1.807) is 17.0 Å². The molecular weight excluding hydrogens is 216 g/mol. The Morgan fingerprint density at radius 3 is 3.12 bits per heavy atom. The standard InChI is InChI=1S/C12H12N4O/c1-9(10-3-2-8-17-10)14-11-5-7-16-12(15-11)4-6-13-16/h2-9H,1H3,(H,14,15). The first-order valence-corrected chi connectivity index (χ1v) is 5.43. The molecule has 0 saturated heterocycles. The molecule has 5 heteroatoms. The second-order valence-corrected chi connectivity index (χ2v) is 3.83. The summed E-state index contributed by atoms with van der Waals surface area (Å²) in [6, 6.07) is 7.65. The molecule has 3 rings (SSSR count). The number of anilines is 1. The normalized spacial score (nSPS) is 12.8. The summed E-state index contributed by atoms with van der Waals surface area (Å²) in [5.74, 6) is 1.70. The van der Waals surface area contributed by atoms with Gasteiger partial charge in [0.1, 0.15) is 11.6 Å². The molecule has 0 aliphatic heterocycles. The Morgan fingerprint density at radius 2 is 2.29 bits per heavy atom. The van der Waals surface area contributed by atoms with Gasteiger partial charge in [0.25, 0.3) is 0 Å². The lowest BCUT2D eigenvalue weighted by molar-refractivity contribution is 0.490. The van der Waals surface area contributed by atoms with Crippen LogP contribution in [0, 0.1) is 0 Å². The predicted octanol–water partition coefficient (Wildman–Crippen LogP) is 2.50. The third-order valence-corrected chi connectivity index (χ3v) is 2.59. The van der Waals surface area contributed by atoms with Crippen molar-refractivity contribution >= 4 is 11.5 Å². The molecule has 1 unspecified atom stereocenters. The summed E-state index contributed by atoms with van der Waals surface area (Å²) in [5.41, 5.74) is 0.821. The van der Waals surface area contributed by atoms with Crippen LogP contribution in [0.5, 0.6) is 0 Å². The molecule has 0 spiro atoms. The van der Waals surface area contributed by atoms with Crippen LogP contribution in [0.3, 0.4) is 0 Å². The maximum Gasteiger partial charge on any atom is 0.157 e. The van der Waals surface area contributed by atoms with Crippen LogP contribution in [0.4, 0.5) is 5.82 Å². The van der Waals surface area contributed by atoms with Gasteiger partial charge in [-0.25, -0.2) is 9.50 Å². The smallest absolute Gasteiger partial charge is 0.157 e. The first-order valence-electron chi connectivity index (χ1n) is 5.43. The molecule has 0 aromatic carbocycles. The van der Waals surface area contributed by atoms with E-state index in [0.717, 1.165) is 17.2 Å². The van der Waals surface area contributed by atoms with Gasteiger partial charge in [0.2, 0.25) is 0 Å². The van der Waals surface area contributed by atoms with Gasteiger partial charge in [0.15, 0.2) is 5.65 Å². The lowest BCUT2D eigenvalue weighted by Crippen LogP contribution is -2.07. The third kappa shape index (κ3) is 1.87. The van der Waals surface area contributed by atoms with E-state index in [9.17, 15) is 0 Å². The van der Waals surface area contributed by atoms with Gasteiger partial charge in [-0.2, -0.15) is 5.10 Å². The Kier molecular flexibility index (Phi) is 2.29. The fraction of sp³-hybridized carbons (Fsp3) is 0.167. The minimum atomic E-state index is 0.0860. The Labute approximate surface area is 98.1 Å². The van der Waals surface area contributed by atoms with Crippen LogP contribution in [0.1, 0.15) is 18.7 Å². The third-order valence-electron chi connectivity index (χ3n) is 2.59. The van der Waals surface area contributed by atoms with Crippen molar-refractivity contribution < 1.29 is 4.42 Å². The molecule has 5 nitrogen and oxygen atoms in total. The fourth-order valence-corrected chi connectivity index (χ4v) is 1.72. The van der Waals surface area contributed by atoms with Crippen molar-refractivity contribution in [1.29, 1.82) is 0 Å². The molecule has 3 heterocycles. The maximum absolute atomic E-state index is 5.33. The van der Waals surface area contributed by atoms with Gasteiger partial charge < -0.3 is 9.73 Å². The summed E-state index contributed by atoms with van der Waals surface area (Å²) >= 11 is 0. The van der Waals surface area contributed by atoms with Gasteiger partial charge in [-0.05, 0) is 25.1 Å². The summed E-state index contributed by atoms with van der Waals surface area (Å²) in [5, 5.41) is 7.38. The SMILES string of the molecule is CC(Nc1ccn2nccc2n1)c1ccco1. The zero-order valence-corrected chi connectivity index (χ0v) is 9.37. The van der Waals surface area contributed by atoms with Crippen molar-refractivity contribution in [3.63, 3.8) is 0 Å². The van der Waals surface area contributed by atoms with E-state index >= 15 is 0 Å². The summed E-state index contributed by atoms with van der Waals surface area (Å²) < 4.78 is 7.06. The Balaban J connectivity index is 1.84. The molecule has 0 amide bonds. The van der Waals surface area contributed by atoms with Crippen LogP contribution >= 0.6 is 0 Å². The van der Waals surface area contributed by atoms with E-state index < -0.39 is 0 Å². The average Bonchev–Trinajstić information content (AvgIpc) is 2.99. The van der Waals surface area contributed by atoms with Gasteiger partial charge >= 0.3 is 0 Å². The topological polar surface area (TPSA) is 55.4 Å². The number of aromatic nitrogens is 3. The lowest BCUT2D eigenvalue weighted by Gasteiger charge is -2.11. The summed E-state index contributed by atoms with van der Waals surface area (Å²) in [7, 11) is 0. The first-order chi connectivity index (χ1) is 8.33. The zero-order chi connectivity index (χ0) is 11.7. The van der Waals surface area contributed by atoms with E-state index in [2.05, 4.69) is 15.4 Å². The van der Waals surface area contributed by atoms with Crippen molar-refractivity contribution in [2.75, 3.05) is 5.32 Å². The second-order valence-electron chi connectivity index (χ2n) is 3.83. The highest BCUT2D eigenvalue weighted by Crippen LogP contribution is 2.18. The number of rotatable bonds is 3. The molecule has 86 valence electrons. The van der Waals surface area contributed by atoms with E-state index in [1.807, 2.05) is 37.4 Å². The van der Waals surface area contributed by atoms with Crippen LogP contribution < -0.4 is 5.32 Å². The summed E-state index contributed by atoms with van der Waals surface area (Å²) in [4.78, 5) is 4.43. The van der Waals surface area contributed by atoms with Crippen molar-refractivity contribution in [3.8, 4) is 0 Å². The van der Waals surface area contributed by atoms with Crippen molar-refractivity contribution in [2.45, 2.75) is 13.0 Å². The Morgan fingerprint density at radius 1 is 1.35 bits per heavy atom. The monoisotopic (exact) mass is 228 g/mol. The van der Waals surface area contributed by atoms with Gasteiger partial charge in [-0.1, -0.05) is 0 Å². The lowest BCUT2D eigenvalue weighted by atomic mass is 10.2. The van der Waals surface area contributed by atoms with E-state index in [4.69, 9.17) is 4.42 Å². The second kappa shape index (κ2) is 3.93. The maximum atomic E-state index is 5.33. The van der Waals surface area contributed by atoms with Gasteiger partial charge in [0, 0.05) is 12.3 Å².